The second-order valence-electron chi connectivity index (χ2n) is 4.31. The zero-order chi connectivity index (χ0) is 17.0. The Kier molecular flexibility index (Phi) is 6.17. The zero-order valence-corrected chi connectivity index (χ0v) is 13.6. The fourth-order valence-corrected chi connectivity index (χ4v) is 1.87. The molecule has 0 aliphatic heterocycles. The van der Waals surface area contributed by atoms with Crippen LogP contribution in [0.4, 0.5) is 18.9 Å². The van der Waals surface area contributed by atoms with Crippen molar-refractivity contribution in [2.24, 2.45) is 0 Å². The minimum atomic E-state index is -5.33. The Morgan fingerprint density at radius 3 is 2.27 bits per heavy atom. The maximum Gasteiger partial charge on any atom is 0.428 e. The van der Waals surface area contributed by atoms with Crippen molar-refractivity contribution < 1.29 is 32.6 Å². The highest BCUT2D eigenvalue weighted by Crippen LogP contribution is 2.34. The molecule has 1 rings (SSSR count). The predicted octanol–water partition coefficient (Wildman–Crippen LogP) is 2.48. The Bertz CT molecular complexity index is 547. The molecular formula is C13H13F3INO4. The summed E-state index contributed by atoms with van der Waals surface area (Å²) in [7, 11) is 0. The summed E-state index contributed by atoms with van der Waals surface area (Å²) in [5, 5.41) is 11.8. The topological polar surface area (TPSA) is 75.6 Å². The van der Waals surface area contributed by atoms with Gasteiger partial charge in [-0.05, 0) is 53.8 Å². The molecule has 1 aromatic carbocycles. The van der Waals surface area contributed by atoms with Crippen molar-refractivity contribution in [3.63, 3.8) is 0 Å². The first-order valence-electron chi connectivity index (χ1n) is 6.12. The van der Waals surface area contributed by atoms with E-state index < -0.39 is 30.1 Å². The number of rotatable bonds is 5. The number of esters is 1. The number of benzene rings is 1. The molecule has 0 bridgehead atoms. The van der Waals surface area contributed by atoms with Crippen LogP contribution in [0.3, 0.4) is 0 Å². The first-order valence-corrected chi connectivity index (χ1v) is 7.19. The van der Waals surface area contributed by atoms with Crippen molar-refractivity contribution in [2.75, 3.05) is 11.9 Å². The van der Waals surface area contributed by atoms with Gasteiger partial charge in [0.1, 0.15) is 0 Å². The molecule has 0 saturated carbocycles. The van der Waals surface area contributed by atoms with Gasteiger partial charge in [0.25, 0.3) is 5.60 Å². The van der Waals surface area contributed by atoms with Crippen molar-refractivity contribution in [1.29, 1.82) is 0 Å². The quantitative estimate of drug-likeness (QED) is 0.555. The first-order chi connectivity index (χ1) is 10.1. The lowest BCUT2D eigenvalue weighted by atomic mass is 9.98. The van der Waals surface area contributed by atoms with Crippen LogP contribution >= 0.6 is 22.6 Å². The largest absolute Gasteiger partial charge is 0.464 e. The molecule has 0 heterocycles. The third-order valence-corrected chi connectivity index (χ3v) is 3.35. The highest BCUT2D eigenvalue weighted by molar-refractivity contribution is 14.1. The standard InChI is InChI=1S/C13H13F3INO4/c1-2-22-11(20)12(21,13(14,15)16)7-10(19)18-9-5-3-8(17)4-6-9/h3-6,21H,2,7H2,1H3,(H,18,19). The number of aliphatic hydroxyl groups is 1. The van der Waals surface area contributed by atoms with E-state index in [9.17, 15) is 27.9 Å². The van der Waals surface area contributed by atoms with Crippen molar-refractivity contribution in [2.45, 2.75) is 25.1 Å². The summed E-state index contributed by atoms with van der Waals surface area (Å²) < 4.78 is 43.8. The van der Waals surface area contributed by atoms with Gasteiger partial charge in [0, 0.05) is 9.26 Å². The minimum Gasteiger partial charge on any atom is -0.464 e. The van der Waals surface area contributed by atoms with E-state index in [1.165, 1.54) is 19.1 Å². The van der Waals surface area contributed by atoms with E-state index in [-0.39, 0.29) is 12.3 Å². The van der Waals surface area contributed by atoms with Crippen LogP contribution in [0.5, 0.6) is 0 Å². The summed E-state index contributed by atoms with van der Waals surface area (Å²) in [6.07, 6.45) is -6.82. The van der Waals surface area contributed by atoms with Crippen LogP contribution in [-0.2, 0) is 14.3 Å². The Morgan fingerprint density at radius 2 is 1.82 bits per heavy atom. The third kappa shape index (κ3) is 4.57. The number of carbonyl (C=O) groups is 2. The van der Waals surface area contributed by atoms with Crippen molar-refractivity contribution in [3.8, 4) is 0 Å². The fraction of sp³-hybridized carbons (Fsp3) is 0.385. The summed E-state index contributed by atoms with van der Waals surface area (Å²) >= 11 is 2.02. The van der Waals surface area contributed by atoms with Crippen LogP contribution in [-0.4, -0.2) is 35.4 Å². The lowest BCUT2D eigenvalue weighted by Gasteiger charge is -2.27. The maximum absolute atomic E-state index is 12.9. The van der Waals surface area contributed by atoms with Gasteiger partial charge in [-0.3, -0.25) is 4.79 Å². The number of amides is 1. The zero-order valence-electron chi connectivity index (χ0n) is 11.4. The lowest BCUT2D eigenvalue weighted by molar-refractivity contribution is -0.262. The van der Waals surface area contributed by atoms with Gasteiger partial charge in [0.05, 0.1) is 13.0 Å². The second kappa shape index (κ2) is 7.27. The number of alkyl halides is 3. The molecule has 0 saturated heterocycles. The first kappa shape index (κ1) is 18.7. The van der Waals surface area contributed by atoms with Crippen LogP contribution in [0.2, 0.25) is 0 Å². The SMILES string of the molecule is CCOC(=O)C(O)(CC(=O)Nc1ccc(I)cc1)C(F)(F)F. The van der Waals surface area contributed by atoms with Gasteiger partial charge in [0.2, 0.25) is 5.91 Å². The summed E-state index contributed by atoms with van der Waals surface area (Å²) in [4.78, 5) is 23.1. The van der Waals surface area contributed by atoms with Crippen molar-refractivity contribution in [1.82, 2.24) is 0 Å². The normalized spacial score (nSPS) is 14.1. The van der Waals surface area contributed by atoms with Gasteiger partial charge in [0.15, 0.2) is 0 Å². The third-order valence-electron chi connectivity index (χ3n) is 2.63. The summed E-state index contributed by atoms with van der Waals surface area (Å²) in [6, 6.07) is 6.24. The van der Waals surface area contributed by atoms with Crippen molar-refractivity contribution in [3.05, 3.63) is 27.8 Å². The van der Waals surface area contributed by atoms with E-state index in [1.54, 1.807) is 12.1 Å². The molecule has 1 atom stereocenters. The van der Waals surface area contributed by atoms with E-state index in [0.717, 1.165) is 3.57 Å². The number of carbonyl (C=O) groups excluding carboxylic acids is 2. The second-order valence-corrected chi connectivity index (χ2v) is 5.56. The monoisotopic (exact) mass is 431 g/mol. The van der Waals surface area contributed by atoms with Crippen LogP contribution < -0.4 is 5.32 Å². The van der Waals surface area contributed by atoms with Gasteiger partial charge < -0.3 is 15.2 Å². The number of nitrogens with one attached hydrogen (secondary N) is 1. The summed E-state index contributed by atoms with van der Waals surface area (Å²) in [5.41, 5.74) is -3.63. The molecule has 0 aromatic heterocycles. The molecule has 2 N–H and O–H groups in total. The smallest absolute Gasteiger partial charge is 0.428 e. The molecule has 0 spiro atoms. The Balaban J connectivity index is 2.88. The predicted molar refractivity (Wildman–Crippen MR) is 80.0 cm³/mol. The molecule has 9 heteroatoms. The lowest BCUT2D eigenvalue weighted by Crippen LogP contribution is -2.54. The molecule has 1 unspecified atom stereocenters. The van der Waals surface area contributed by atoms with Gasteiger partial charge >= 0.3 is 12.1 Å². The van der Waals surface area contributed by atoms with Crippen LogP contribution in [0, 0.1) is 3.57 Å². The van der Waals surface area contributed by atoms with E-state index in [4.69, 9.17) is 0 Å². The number of hydrogen-bond donors (Lipinski definition) is 2. The Morgan fingerprint density at radius 1 is 1.27 bits per heavy atom. The van der Waals surface area contributed by atoms with Crippen LogP contribution in [0.1, 0.15) is 13.3 Å². The van der Waals surface area contributed by atoms with E-state index in [2.05, 4.69) is 10.1 Å². The average Bonchev–Trinajstić information content (AvgIpc) is 2.40. The van der Waals surface area contributed by atoms with E-state index in [0.29, 0.717) is 0 Å². The number of ether oxygens (including phenoxy) is 1. The highest BCUT2D eigenvalue weighted by atomic mass is 127. The number of anilines is 1. The molecule has 0 fully saturated rings. The average molecular weight is 431 g/mol. The molecule has 1 aromatic rings. The van der Waals surface area contributed by atoms with Gasteiger partial charge in [-0.25, -0.2) is 4.79 Å². The van der Waals surface area contributed by atoms with Gasteiger partial charge in [-0.15, -0.1) is 0 Å². The molecule has 0 radical (unpaired) electrons. The minimum absolute atomic E-state index is 0.249. The molecule has 0 aliphatic carbocycles. The highest BCUT2D eigenvalue weighted by Gasteiger charge is 2.61. The number of hydrogen-bond acceptors (Lipinski definition) is 4. The van der Waals surface area contributed by atoms with Crippen LogP contribution in [0.15, 0.2) is 24.3 Å². The Labute approximate surface area is 138 Å². The molecular weight excluding hydrogens is 418 g/mol. The molecule has 22 heavy (non-hydrogen) atoms. The summed E-state index contributed by atoms with van der Waals surface area (Å²) in [6.45, 7) is 0.941. The fourth-order valence-electron chi connectivity index (χ4n) is 1.51. The van der Waals surface area contributed by atoms with Gasteiger partial charge in [-0.1, -0.05) is 0 Å². The van der Waals surface area contributed by atoms with Crippen molar-refractivity contribution >= 4 is 40.2 Å². The van der Waals surface area contributed by atoms with Gasteiger partial charge in [-0.2, -0.15) is 13.2 Å². The molecule has 0 aliphatic rings. The van der Waals surface area contributed by atoms with E-state index in [1.807, 2.05) is 22.6 Å². The summed E-state index contributed by atoms with van der Waals surface area (Å²) in [5.74, 6) is -3.06. The maximum atomic E-state index is 12.9. The van der Waals surface area contributed by atoms with Crippen LogP contribution in [0.25, 0.3) is 0 Å². The molecule has 5 nitrogen and oxygen atoms in total. The Hall–Kier alpha value is -1.36. The number of halogens is 4. The molecule has 1 amide bonds. The van der Waals surface area contributed by atoms with E-state index >= 15 is 0 Å². The molecule has 122 valence electrons.